The van der Waals surface area contributed by atoms with Gasteiger partial charge in [0, 0.05) is 62.1 Å². The Morgan fingerprint density at radius 2 is 1.81 bits per heavy atom. The first-order chi connectivity index (χ1) is 20.1. The molecule has 5 rings (SSSR count). The lowest BCUT2D eigenvalue weighted by Gasteiger charge is -2.42. The molecule has 0 amide bonds. The average molecular weight is 599 g/mol. The highest BCUT2D eigenvalue weighted by atomic mass is 32.2. The molecule has 2 fully saturated rings. The molecule has 2 aliphatic heterocycles. The molecule has 1 N–H and O–H groups in total. The Balaban J connectivity index is 1.35. The summed E-state index contributed by atoms with van der Waals surface area (Å²) in [7, 11) is -1.97. The van der Waals surface area contributed by atoms with E-state index in [1.807, 2.05) is 11.0 Å². The number of morpholine rings is 1. The number of pyridine rings is 2. The standard InChI is InChI=1S/C30H39FN6O4S/c1-5-41-30-29(14-26(17-33-30)37-8-10-40-11-9-37)42(38,39)34-25-13-24(15-32-16-25)27-7-6-23(12-28(27)31)20-36-18-21(2)35(4)22(3)19-36/h6-7,12-17,21-22,34H,5,8-11,18-20H2,1-4H3. The zero-order chi connectivity index (χ0) is 29.9. The van der Waals surface area contributed by atoms with Crippen molar-refractivity contribution in [2.24, 2.45) is 0 Å². The Morgan fingerprint density at radius 3 is 2.50 bits per heavy atom. The first kappa shape index (κ1) is 30.1. The molecule has 2 atom stereocenters. The van der Waals surface area contributed by atoms with Gasteiger partial charge in [0.1, 0.15) is 5.82 Å². The van der Waals surface area contributed by atoms with Crippen LogP contribution in [0, 0.1) is 5.82 Å². The van der Waals surface area contributed by atoms with Crippen molar-refractivity contribution in [1.29, 1.82) is 0 Å². The number of hydrogen-bond acceptors (Lipinski definition) is 9. The number of piperazine rings is 1. The highest BCUT2D eigenvalue weighted by Gasteiger charge is 2.27. The van der Waals surface area contributed by atoms with E-state index in [0.29, 0.717) is 61.7 Å². The van der Waals surface area contributed by atoms with Crippen LogP contribution in [0.4, 0.5) is 15.8 Å². The smallest absolute Gasteiger partial charge is 0.267 e. The quantitative estimate of drug-likeness (QED) is 0.394. The van der Waals surface area contributed by atoms with Gasteiger partial charge < -0.3 is 14.4 Å². The number of ether oxygens (including phenoxy) is 2. The highest BCUT2D eigenvalue weighted by Crippen LogP contribution is 2.31. The van der Waals surface area contributed by atoms with Crippen LogP contribution in [0.25, 0.3) is 11.1 Å². The zero-order valence-electron chi connectivity index (χ0n) is 24.6. The second kappa shape index (κ2) is 12.9. The monoisotopic (exact) mass is 598 g/mol. The molecule has 0 bridgehead atoms. The van der Waals surface area contributed by atoms with Crippen LogP contribution in [0.1, 0.15) is 26.3 Å². The van der Waals surface area contributed by atoms with Gasteiger partial charge in [-0.05, 0) is 51.6 Å². The lowest BCUT2D eigenvalue weighted by Crippen LogP contribution is -2.54. The number of rotatable bonds is 9. The van der Waals surface area contributed by atoms with Gasteiger partial charge in [0.2, 0.25) is 5.88 Å². The molecule has 0 spiro atoms. The third kappa shape index (κ3) is 6.83. The van der Waals surface area contributed by atoms with Crippen LogP contribution in [0.3, 0.4) is 0 Å². The summed E-state index contributed by atoms with van der Waals surface area (Å²) in [6, 6.07) is 9.19. The number of halogens is 1. The Labute approximate surface area is 247 Å². The molecule has 0 aliphatic carbocycles. The fourth-order valence-electron chi connectivity index (χ4n) is 5.50. The fraction of sp³-hybridized carbons (Fsp3) is 0.467. The molecule has 2 saturated heterocycles. The summed E-state index contributed by atoms with van der Waals surface area (Å²) in [5, 5.41) is 0. The predicted octanol–water partition coefficient (Wildman–Crippen LogP) is 3.84. The van der Waals surface area contributed by atoms with E-state index in [9.17, 15) is 8.42 Å². The zero-order valence-corrected chi connectivity index (χ0v) is 25.4. The molecule has 4 heterocycles. The minimum Gasteiger partial charge on any atom is -0.477 e. The number of anilines is 2. The van der Waals surface area contributed by atoms with Gasteiger partial charge in [-0.1, -0.05) is 12.1 Å². The third-order valence-corrected chi connectivity index (χ3v) is 9.30. The molecule has 42 heavy (non-hydrogen) atoms. The lowest BCUT2D eigenvalue weighted by molar-refractivity contribution is 0.0556. The second-order valence-corrected chi connectivity index (χ2v) is 12.6. The van der Waals surface area contributed by atoms with Gasteiger partial charge in [0.25, 0.3) is 10.0 Å². The van der Waals surface area contributed by atoms with Gasteiger partial charge in [0.05, 0.1) is 43.6 Å². The van der Waals surface area contributed by atoms with Crippen LogP contribution in [0.5, 0.6) is 5.88 Å². The maximum absolute atomic E-state index is 15.4. The molecule has 1 aromatic carbocycles. The summed E-state index contributed by atoms with van der Waals surface area (Å²) in [6.45, 7) is 11.3. The molecular formula is C30H39FN6O4S. The summed E-state index contributed by atoms with van der Waals surface area (Å²) in [4.78, 5) is 15.1. The van der Waals surface area contributed by atoms with E-state index >= 15 is 4.39 Å². The van der Waals surface area contributed by atoms with E-state index in [1.54, 1.807) is 37.4 Å². The SMILES string of the molecule is CCOc1ncc(N2CCOCC2)cc1S(=O)(=O)Nc1cncc(-c2ccc(CN3CC(C)N(C)C(C)C3)cc2F)c1. The molecule has 10 nitrogen and oxygen atoms in total. The number of nitrogens with one attached hydrogen (secondary N) is 1. The van der Waals surface area contributed by atoms with Gasteiger partial charge >= 0.3 is 0 Å². The normalized spacial score (nSPS) is 20.5. The van der Waals surface area contributed by atoms with Crippen LogP contribution in [0.15, 0.2) is 53.8 Å². The van der Waals surface area contributed by atoms with Crippen LogP contribution < -0.4 is 14.4 Å². The Morgan fingerprint density at radius 1 is 1.07 bits per heavy atom. The second-order valence-electron chi connectivity index (χ2n) is 11.0. The van der Waals surface area contributed by atoms with Gasteiger partial charge in [-0.2, -0.15) is 0 Å². The van der Waals surface area contributed by atoms with E-state index in [4.69, 9.17) is 9.47 Å². The Hall–Kier alpha value is -3.32. The first-order valence-electron chi connectivity index (χ1n) is 14.3. The van der Waals surface area contributed by atoms with Crippen molar-refractivity contribution in [3.05, 3.63) is 60.3 Å². The van der Waals surface area contributed by atoms with E-state index < -0.39 is 10.0 Å². The van der Waals surface area contributed by atoms with Crippen LogP contribution in [0.2, 0.25) is 0 Å². The summed E-state index contributed by atoms with van der Waals surface area (Å²) in [5.41, 5.74) is 2.57. The van der Waals surface area contributed by atoms with E-state index in [1.165, 1.54) is 12.4 Å². The number of sulfonamides is 1. The maximum atomic E-state index is 15.4. The van der Waals surface area contributed by atoms with Crippen molar-refractivity contribution in [3.63, 3.8) is 0 Å². The molecule has 2 aromatic heterocycles. The fourth-order valence-corrected chi connectivity index (χ4v) is 6.65. The molecule has 12 heteroatoms. The van der Waals surface area contributed by atoms with Crippen molar-refractivity contribution in [2.75, 3.05) is 62.7 Å². The number of hydrogen-bond donors (Lipinski definition) is 1. The Kier molecular flexibility index (Phi) is 9.26. The third-order valence-electron chi connectivity index (χ3n) is 7.93. The molecular weight excluding hydrogens is 559 g/mol. The molecule has 0 radical (unpaired) electrons. The number of nitrogens with zero attached hydrogens (tertiary/aromatic N) is 5. The van der Waals surface area contributed by atoms with Crippen LogP contribution >= 0.6 is 0 Å². The molecule has 2 unspecified atom stereocenters. The van der Waals surface area contributed by atoms with Crippen molar-refractivity contribution in [3.8, 4) is 17.0 Å². The van der Waals surface area contributed by atoms with E-state index in [2.05, 4.69) is 45.4 Å². The first-order valence-corrected chi connectivity index (χ1v) is 15.8. The van der Waals surface area contributed by atoms with E-state index in [-0.39, 0.29) is 28.9 Å². The maximum Gasteiger partial charge on any atom is 0.267 e. The summed E-state index contributed by atoms with van der Waals surface area (Å²) in [5.74, 6) is -0.373. The van der Waals surface area contributed by atoms with Crippen LogP contribution in [-0.2, 0) is 21.3 Å². The number of benzene rings is 1. The molecule has 226 valence electrons. The number of aromatic nitrogens is 2. The van der Waals surface area contributed by atoms with Gasteiger partial charge in [-0.15, -0.1) is 0 Å². The summed E-state index contributed by atoms with van der Waals surface area (Å²) >= 11 is 0. The number of likely N-dealkylation sites (N-methyl/N-ethyl adjacent to an activating group) is 1. The largest absolute Gasteiger partial charge is 0.477 e. The predicted molar refractivity (Wildman–Crippen MR) is 161 cm³/mol. The minimum absolute atomic E-state index is 0.0110. The van der Waals surface area contributed by atoms with Crippen LogP contribution in [-0.4, -0.2) is 93.3 Å². The molecule has 2 aliphatic rings. The lowest BCUT2D eigenvalue weighted by atomic mass is 10.0. The summed E-state index contributed by atoms with van der Waals surface area (Å²) in [6.07, 6.45) is 4.52. The summed E-state index contributed by atoms with van der Waals surface area (Å²) < 4.78 is 56.0. The van der Waals surface area contributed by atoms with Crippen molar-refractivity contribution < 1.29 is 22.3 Å². The Bertz CT molecular complexity index is 1490. The van der Waals surface area contributed by atoms with Gasteiger partial charge in [-0.25, -0.2) is 17.8 Å². The molecule has 3 aromatic rings. The van der Waals surface area contributed by atoms with E-state index in [0.717, 1.165) is 18.7 Å². The molecule has 0 saturated carbocycles. The average Bonchev–Trinajstić information content (AvgIpc) is 2.96. The van der Waals surface area contributed by atoms with Crippen molar-refractivity contribution in [1.82, 2.24) is 19.8 Å². The minimum atomic E-state index is -4.11. The van der Waals surface area contributed by atoms with Gasteiger partial charge in [0.15, 0.2) is 4.90 Å². The topological polar surface area (TPSA) is 100 Å². The van der Waals surface area contributed by atoms with Gasteiger partial charge in [-0.3, -0.25) is 19.5 Å². The van der Waals surface area contributed by atoms with Crippen molar-refractivity contribution in [2.45, 2.75) is 44.3 Å². The van der Waals surface area contributed by atoms with Crippen molar-refractivity contribution >= 4 is 21.4 Å². The highest BCUT2D eigenvalue weighted by molar-refractivity contribution is 7.92.